The Morgan fingerprint density at radius 2 is 2.00 bits per heavy atom. The van der Waals surface area contributed by atoms with E-state index in [2.05, 4.69) is 47.9 Å². The first kappa shape index (κ1) is 15.3. The molecule has 0 amide bonds. The normalized spacial score (nSPS) is 18.9. The molecule has 1 aliphatic heterocycles. The number of benzene rings is 1. The average Bonchev–Trinajstić information content (AvgIpc) is 2.53. The maximum atomic E-state index is 5.44. The van der Waals surface area contributed by atoms with Crippen LogP contribution in [-0.2, 0) is 11.2 Å². The molecule has 1 heterocycles. The van der Waals surface area contributed by atoms with Crippen molar-refractivity contribution in [3.63, 3.8) is 0 Å². The van der Waals surface area contributed by atoms with E-state index in [0.717, 1.165) is 25.9 Å². The second-order valence-corrected chi connectivity index (χ2v) is 5.65. The minimum atomic E-state index is 0.459. The van der Waals surface area contributed by atoms with Gasteiger partial charge in [-0.15, -0.1) is 6.58 Å². The molecule has 2 nitrogen and oxygen atoms in total. The van der Waals surface area contributed by atoms with E-state index in [1.54, 1.807) is 0 Å². The maximum absolute atomic E-state index is 5.44. The van der Waals surface area contributed by atoms with Gasteiger partial charge in [-0.25, -0.2) is 0 Å². The van der Waals surface area contributed by atoms with Crippen LogP contribution in [0.3, 0.4) is 0 Å². The van der Waals surface area contributed by atoms with Gasteiger partial charge < -0.3 is 4.74 Å². The van der Waals surface area contributed by atoms with Crippen molar-refractivity contribution in [3.05, 3.63) is 48.6 Å². The summed E-state index contributed by atoms with van der Waals surface area (Å²) in [6, 6.07) is 11.3. The number of nitrogens with zero attached hydrogens (tertiary/aromatic N) is 1. The van der Waals surface area contributed by atoms with Crippen molar-refractivity contribution in [2.75, 3.05) is 20.2 Å². The maximum Gasteiger partial charge on any atom is 0.0595 e. The van der Waals surface area contributed by atoms with Gasteiger partial charge in [0.2, 0.25) is 0 Å². The van der Waals surface area contributed by atoms with Crippen LogP contribution in [0.15, 0.2) is 43.0 Å². The smallest absolute Gasteiger partial charge is 0.0595 e. The molecule has 0 bridgehead atoms. The molecule has 0 aliphatic carbocycles. The molecule has 2 heteroatoms. The number of hydrogen-bond donors (Lipinski definition) is 0. The Kier molecular flexibility index (Phi) is 6.28. The number of likely N-dealkylation sites (tertiary alicyclic amines) is 1. The fourth-order valence-electron chi connectivity index (χ4n) is 3.05. The van der Waals surface area contributed by atoms with Crippen molar-refractivity contribution in [1.82, 2.24) is 4.90 Å². The zero-order chi connectivity index (χ0) is 14.2. The quantitative estimate of drug-likeness (QED) is 0.703. The summed E-state index contributed by atoms with van der Waals surface area (Å²) >= 11 is 0. The largest absolute Gasteiger partial charge is 0.381 e. The predicted octanol–water partition coefficient (Wildman–Crippen LogP) is 3.67. The zero-order valence-corrected chi connectivity index (χ0v) is 12.6. The molecule has 1 saturated heterocycles. The number of piperidine rings is 1. The number of ether oxygens (including phenoxy) is 1. The summed E-state index contributed by atoms with van der Waals surface area (Å²) in [5.41, 5.74) is 1.44. The fourth-order valence-corrected chi connectivity index (χ4v) is 3.05. The first-order valence-electron chi connectivity index (χ1n) is 7.77. The molecule has 0 aromatic heterocycles. The molecule has 0 saturated carbocycles. The molecular formula is C18H27NO. The highest BCUT2D eigenvalue weighted by atomic mass is 16.5. The summed E-state index contributed by atoms with van der Waals surface area (Å²) in [5, 5.41) is 0. The van der Waals surface area contributed by atoms with E-state index in [9.17, 15) is 0 Å². The number of methoxy groups -OCH3 is 1. The number of hydrogen-bond acceptors (Lipinski definition) is 2. The van der Waals surface area contributed by atoms with Gasteiger partial charge in [0.1, 0.15) is 0 Å². The van der Waals surface area contributed by atoms with E-state index in [1.807, 2.05) is 7.11 Å². The lowest BCUT2D eigenvalue weighted by Crippen LogP contribution is -2.42. The molecule has 0 radical (unpaired) electrons. The van der Waals surface area contributed by atoms with Gasteiger partial charge in [-0.3, -0.25) is 4.90 Å². The van der Waals surface area contributed by atoms with E-state index < -0.39 is 0 Å². The predicted molar refractivity (Wildman–Crippen MR) is 85.0 cm³/mol. The highest BCUT2D eigenvalue weighted by Gasteiger charge is 2.22. The first-order valence-corrected chi connectivity index (χ1v) is 7.77. The van der Waals surface area contributed by atoms with Crippen molar-refractivity contribution in [1.29, 1.82) is 0 Å². The summed E-state index contributed by atoms with van der Waals surface area (Å²) in [6.07, 6.45) is 8.48. The van der Waals surface area contributed by atoms with E-state index in [-0.39, 0.29) is 0 Å². The van der Waals surface area contributed by atoms with E-state index in [4.69, 9.17) is 4.74 Å². The average molecular weight is 273 g/mol. The highest BCUT2D eigenvalue weighted by Crippen LogP contribution is 2.19. The van der Waals surface area contributed by atoms with Gasteiger partial charge >= 0.3 is 0 Å². The van der Waals surface area contributed by atoms with E-state index in [0.29, 0.717) is 12.1 Å². The summed E-state index contributed by atoms with van der Waals surface area (Å²) in [7, 11) is 1.82. The molecule has 0 N–H and O–H groups in total. The third-order valence-electron chi connectivity index (χ3n) is 4.36. The molecule has 1 fully saturated rings. The number of rotatable bonds is 7. The fraction of sp³-hybridized carbons (Fsp3) is 0.556. The molecule has 2 rings (SSSR count). The molecule has 0 unspecified atom stereocenters. The Morgan fingerprint density at radius 1 is 1.30 bits per heavy atom. The lowest BCUT2D eigenvalue weighted by Gasteiger charge is -2.35. The Labute approximate surface area is 123 Å². The summed E-state index contributed by atoms with van der Waals surface area (Å²) < 4.78 is 5.44. The van der Waals surface area contributed by atoms with Crippen LogP contribution in [0.25, 0.3) is 0 Å². The molecule has 0 spiro atoms. The molecule has 1 aromatic rings. The third kappa shape index (κ3) is 4.46. The lowest BCUT2D eigenvalue weighted by atomic mass is 10.0. The van der Waals surface area contributed by atoms with Crippen LogP contribution in [-0.4, -0.2) is 37.2 Å². The van der Waals surface area contributed by atoms with Crippen LogP contribution >= 0.6 is 0 Å². The molecule has 110 valence electrons. The molecule has 1 atom stereocenters. The Bertz CT molecular complexity index is 382. The Balaban J connectivity index is 1.74. The van der Waals surface area contributed by atoms with Crippen LogP contribution in [0.1, 0.15) is 31.2 Å². The monoisotopic (exact) mass is 273 g/mol. The minimum Gasteiger partial charge on any atom is -0.381 e. The van der Waals surface area contributed by atoms with Gasteiger partial charge in [-0.2, -0.15) is 0 Å². The van der Waals surface area contributed by atoms with Crippen molar-refractivity contribution < 1.29 is 4.74 Å². The zero-order valence-electron chi connectivity index (χ0n) is 12.6. The van der Waals surface area contributed by atoms with Crippen molar-refractivity contribution >= 4 is 0 Å². The van der Waals surface area contributed by atoms with Crippen molar-refractivity contribution in [3.8, 4) is 0 Å². The van der Waals surface area contributed by atoms with Crippen molar-refractivity contribution in [2.45, 2.75) is 44.2 Å². The van der Waals surface area contributed by atoms with Crippen molar-refractivity contribution in [2.24, 2.45) is 0 Å². The molecule has 20 heavy (non-hydrogen) atoms. The molecule has 1 aromatic carbocycles. The summed E-state index contributed by atoms with van der Waals surface area (Å²) in [6.45, 7) is 6.31. The second kappa shape index (κ2) is 8.23. The SMILES string of the molecule is C=C[C@@H](CCCc1ccccc1)N1CCC(OC)CC1. The van der Waals surface area contributed by atoms with Crippen LogP contribution < -0.4 is 0 Å². The van der Waals surface area contributed by atoms with Gasteiger partial charge in [0.15, 0.2) is 0 Å². The van der Waals surface area contributed by atoms with Gasteiger partial charge in [0.05, 0.1) is 6.10 Å². The summed E-state index contributed by atoms with van der Waals surface area (Å²) in [4.78, 5) is 2.56. The summed E-state index contributed by atoms with van der Waals surface area (Å²) in [5.74, 6) is 0. The van der Waals surface area contributed by atoms with Gasteiger partial charge in [0.25, 0.3) is 0 Å². The van der Waals surface area contributed by atoms with Crippen LogP contribution in [0.5, 0.6) is 0 Å². The van der Waals surface area contributed by atoms with E-state index >= 15 is 0 Å². The molecular weight excluding hydrogens is 246 g/mol. The Hall–Kier alpha value is -1.12. The van der Waals surface area contributed by atoms with E-state index in [1.165, 1.54) is 24.8 Å². The topological polar surface area (TPSA) is 12.5 Å². The van der Waals surface area contributed by atoms with Crippen LogP contribution in [0.2, 0.25) is 0 Å². The lowest BCUT2D eigenvalue weighted by molar-refractivity contribution is 0.0322. The van der Waals surface area contributed by atoms with Gasteiger partial charge in [0, 0.05) is 26.2 Å². The first-order chi connectivity index (χ1) is 9.83. The van der Waals surface area contributed by atoms with Gasteiger partial charge in [-0.1, -0.05) is 36.4 Å². The van der Waals surface area contributed by atoms with Gasteiger partial charge in [-0.05, 0) is 37.7 Å². The minimum absolute atomic E-state index is 0.459. The Morgan fingerprint density at radius 3 is 2.60 bits per heavy atom. The standard InChI is InChI=1S/C18H27NO/c1-3-17(19-14-12-18(20-2)13-15-19)11-7-10-16-8-5-4-6-9-16/h3-6,8-9,17-18H,1,7,10-15H2,2H3/t17-/m0/s1. The van der Waals surface area contributed by atoms with Crippen LogP contribution in [0.4, 0.5) is 0 Å². The van der Waals surface area contributed by atoms with Crippen LogP contribution in [0, 0.1) is 0 Å². The highest BCUT2D eigenvalue weighted by molar-refractivity contribution is 5.14. The number of aryl methyl sites for hydroxylation is 1. The molecule has 1 aliphatic rings. The third-order valence-corrected chi connectivity index (χ3v) is 4.36. The second-order valence-electron chi connectivity index (χ2n) is 5.65.